The molecule has 1 saturated heterocycles. The van der Waals surface area contributed by atoms with Crippen molar-refractivity contribution in [3.8, 4) is 0 Å². The molecule has 1 aromatic carbocycles. The average molecular weight is 396 g/mol. The van der Waals surface area contributed by atoms with Crippen LogP contribution in [0.25, 0.3) is 0 Å². The third kappa shape index (κ3) is 3.81. The van der Waals surface area contributed by atoms with Crippen molar-refractivity contribution in [3.05, 3.63) is 42.0 Å². The van der Waals surface area contributed by atoms with Crippen LogP contribution in [0, 0.1) is 48.3 Å². The van der Waals surface area contributed by atoms with Crippen LogP contribution in [0.1, 0.15) is 59.4 Å². The molecule has 0 N–H and O–H groups in total. The van der Waals surface area contributed by atoms with Crippen LogP contribution in [0.15, 0.2) is 36.4 Å². The van der Waals surface area contributed by atoms with Gasteiger partial charge in [-0.3, -0.25) is 14.5 Å². The number of benzene rings is 1. The standard InChI is InChI=1S/C24H31NO2.C2H6/c1-5-6-17-11-15(3)23-19(12-16(4)22(17)23)20-13-21(26)25(24(20)27)18-9-7-14(2)8-10-18;1-2/h5-10,15-17,19-20,22-23H,11-13H2,1-4H3;1-2H3/b6-5-;. The molecule has 7 unspecified atom stereocenters. The summed E-state index contributed by atoms with van der Waals surface area (Å²) in [6, 6.07) is 7.73. The lowest BCUT2D eigenvalue weighted by Gasteiger charge is -2.27. The first-order chi connectivity index (χ1) is 13.9. The summed E-state index contributed by atoms with van der Waals surface area (Å²) in [6.07, 6.45) is 7.24. The van der Waals surface area contributed by atoms with Gasteiger partial charge in [-0.15, -0.1) is 0 Å². The molecule has 3 nitrogen and oxygen atoms in total. The maximum Gasteiger partial charge on any atom is 0.237 e. The molecule has 1 heterocycles. The number of anilines is 1. The summed E-state index contributed by atoms with van der Waals surface area (Å²) in [5.74, 6) is 3.34. The Balaban J connectivity index is 0.00000117. The molecule has 29 heavy (non-hydrogen) atoms. The monoisotopic (exact) mass is 395 g/mol. The van der Waals surface area contributed by atoms with E-state index in [4.69, 9.17) is 0 Å². The van der Waals surface area contributed by atoms with Crippen molar-refractivity contribution in [2.75, 3.05) is 4.90 Å². The molecule has 2 aliphatic carbocycles. The summed E-state index contributed by atoms with van der Waals surface area (Å²) < 4.78 is 0. The first-order valence-electron chi connectivity index (χ1n) is 11.5. The van der Waals surface area contributed by atoms with E-state index < -0.39 is 0 Å². The predicted molar refractivity (Wildman–Crippen MR) is 119 cm³/mol. The van der Waals surface area contributed by atoms with E-state index in [9.17, 15) is 9.59 Å². The molecule has 1 aromatic rings. The van der Waals surface area contributed by atoms with Gasteiger partial charge in [0.2, 0.25) is 11.8 Å². The molecular weight excluding hydrogens is 358 g/mol. The number of amides is 2. The van der Waals surface area contributed by atoms with E-state index in [0.29, 0.717) is 41.9 Å². The minimum atomic E-state index is -0.136. The Bertz CT molecular complexity index is 765. The Morgan fingerprint density at radius 1 is 0.966 bits per heavy atom. The van der Waals surface area contributed by atoms with Crippen molar-refractivity contribution >= 4 is 17.5 Å². The van der Waals surface area contributed by atoms with Crippen LogP contribution in [-0.4, -0.2) is 11.8 Å². The van der Waals surface area contributed by atoms with Crippen LogP contribution in [0.4, 0.5) is 5.69 Å². The Morgan fingerprint density at radius 3 is 2.21 bits per heavy atom. The van der Waals surface area contributed by atoms with Gasteiger partial charge in [0.1, 0.15) is 0 Å². The highest BCUT2D eigenvalue weighted by Gasteiger charge is 2.56. The molecular formula is C26H37NO2. The maximum absolute atomic E-state index is 13.3. The van der Waals surface area contributed by atoms with E-state index in [2.05, 4.69) is 32.9 Å². The molecule has 3 fully saturated rings. The quantitative estimate of drug-likeness (QED) is 0.463. The number of fused-ring (bicyclic) bond motifs is 1. The van der Waals surface area contributed by atoms with Crippen LogP contribution < -0.4 is 4.90 Å². The molecule has 0 radical (unpaired) electrons. The summed E-state index contributed by atoms with van der Waals surface area (Å²) in [6.45, 7) is 12.8. The van der Waals surface area contributed by atoms with Gasteiger partial charge in [-0.25, -0.2) is 0 Å². The van der Waals surface area contributed by atoms with Crippen molar-refractivity contribution < 1.29 is 9.59 Å². The van der Waals surface area contributed by atoms with E-state index in [1.165, 1.54) is 11.3 Å². The topological polar surface area (TPSA) is 37.4 Å². The van der Waals surface area contributed by atoms with Gasteiger partial charge in [0.05, 0.1) is 11.6 Å². The third-order valence-electron chi connectivity index (χ3n) is 7.47. The highest BCUT2D eigenvalue weighted by molar-refractivity contribution is 6.21. The maximum atomic E-state index is 13.3. The van der Waals surface area contributed by atoms with E-state index in [1.54, 1.807) is 0 Å². The largest absolute Gasteiger partial charge is 0.274 e. The highest BCUT2D eigenvalue weighted by atomic mass is 16.2. The fraction of sp³-hybridized carbons (Fsp3) is 0.615. The number of hydrogen-bond acceptors (Lipinski definition) is 2. The van der Waals surface area contributed by atoms with Gasteiger partial charge in [0.25, 0.3) is 0 Å². The molecule has 0 bridgehead atoms. The van der Waals surface area contributed by atoms with Crippen molar-refractivity contribution in [2.24, 2.45) is 41.4 Å². The van der Waals surface area contributed by atoms with Crippen molar-refractivity contribution in [1.82, 2.24) is 0 Å². The Kier molecular flexibility index (Phi) is 6.65. The smallest absolute Gasteiger partial charge is 0.237 e. The highest BCUT2D eigenvalue weighted by Crippen LogP contribution is 2.59. The van der Waals surface area contributed by atoms with Gasteiger partial charge in [0, 0.05) is 6.42 Å². The van der Waals surface area contributed by atoms with Gasteiger partial charge in [-0.05, 0) is 74.3 Å². The Labute approximate surface area is 176 Å². The second kappa shape index (κ2) is 8.85. The first-order valence-corrected chi connectivity index (χ1v) is 11.5. The molecule has 0 spiro atoms. The number of carbonyl (C=O) groups is 2. The SMILES string of the molecule is C/C=C\C1CC(C)C2C(C3CC(=O)N(c4ccc(C)cc4)C3=O)CC(C)C12.CC. The molecule has 4 rings (SSSR count). The number of rotatable bonds is 3. The van der Waals surface area contributed by atoms with Crippen LogP contribution in [0.5, 0.6) is 0 Å². The van der Waals surface area contributed by atoms with Gasteiger partial charge >= 0.3 is 0 Å². The molecule has 7 atom stereocenters. The summed E-state index contributed by atoms with van der Waals surface area (Å²) >= 11 is 0. The predicted octanol–water partition coefficient (Wildman–Crippen LogP) is 6.02. The number of hydrogen-bond donors (Lipinski definition) is 0. The fourth-order valence-corrected chi connectivity index (χ4v) is 6.50. The van der Waals surface area contributed by atoms with Crippen LogP contribution >= 0.6 is 0 Å². The molecule has 3 heteroatoms. The molecule has 158 valence electrons. The van der Waals surface area contributed by atoms with E-state index >= 15 is 0 Å². The number of carbonyl (C=O) groups excluding carboxylic acids is 2. The summed E-state index contributed by atoms with van der Waals surface area (Å²) in [5, 5.41) is 0. The van der Waals surface area contributed by atoms with Gasteiger partial charge in [0.15, 0.2) is 0 Å². The second-order valence-corrected chi connectivity index (χ2v) is 9.15. The zero-order valence-corrected chi connectivity index (χ0v) is 18.9. The molecule has 0 aromatic heterocycles. The van der Waals surface area contributed by atoms with Gasteiger partial charge < -0.3 is 0 Å². The Hall–Kier alpha value is -1.90. The lowest BCUT2D eigenvalue weighted by molar-refractivity contribution is -0.123. The molecule has 1 aliphatic heterocycles. The molecule has 3 aliphatic rings. The molecule has 2 amide bonds. The van der Waals surface area contributed by atoms with Crippen molar-refractivity contribution in [1.29, 1.82) is 0 Å². The van der Waals surface area contributed by atoms with Crippen LogP contribution in [0.2, 0.25) is 0 Å². The number of aryl methyl sites for hydroxylation is 1. The third-order valence-corrected chi connectivity index (χ3v) is 7.47. The molecule has 2 saturated carbocycles. The second-order valence-electron chi connectivity index (χ2n) is 9.15. The zero-order valence-electron chi connectivity index (χ0n) is 18.9. The van der Waals surface area contributed by atoms with Crippen LogP contribution in [0.3, 0.4) is 0 Å². The summed E-state index contributed by atoms with van der Waals surface area (Å²) in [4.78, 5) is 27.5. The summed E-state index contributed by atoms with van der Waals surface area (Å²) in [7, 11) is 0. The minimum absolute atomic E-state index is 0.0272. The van der Waals surface area contributed by atoms with Crippen molar-refractivity contribution in [2.45, 2.75) is 60.8 Å². The first kappa shape index (κ1) is 21.8. The number of allylic oxidation sites excluding steroid dienone is 2. The van der Waals surface area contributed by atoms with Gasteiger partial charge in [-0.2, -0.15) is 0 Å². The van der Waals surface area contributed by atoms with E-state index in [1.807, 2.05) is 45.0 Å². The van der Waals surface area contributed by atoms with Gasteiger partial charge in [-0.1, -0.05) is 57.5 Å². The fourth-order valence-electron chi connectivity index (χ4n) is 6.50. The minimum Gasteiger partial charge on any atom is -0.274 e. The zero-order chi connectivity index (χ0) is 21.3. The lowest BCUT2D eigenvalue weighted by Crippen LogP contribution is -2.34. The van der Waals surface area contributed by atoms with Crippen molar-refractivity contribution in [3.63, 3.8) is 0 Å². The normalized spacial score (nSPS) is 36.5. The van der Waals surface area contributed by atoms with E-state index in [0.717, 1.165) is 17.7 Å². The van der Waals surface area contributed by atoms with Crippen LogP contribution in [-0.2, 0) is 9.59 Å². The number of nitrogens with zero attached hydrogens (tertiary/aromatic N) is 1. The summed E-state index contributed by atoms with van der Waals surface area (Å²) in [5.41, 5.74) is 1.86. The van der Waals surface area contributed by atoms with E-state index in [-0.39, 0.29) is 17.7 Å². The lowest BCUT2D eigenvalue weighted by atomic mass is 9.77. The number of imide groups is 1. The average Bonchev–Trinajstić information content (AvgIpc) is 3.31. The Morgan fingerprint density at radius 2 is 1.59 bits per heavy atom.